The molecule has 2 aromatic heterocycles. The summed E-state index contributed by atoms with van der Waals surface area (Å²) in [5.41, 5.74) is 16.3. The number of aryl methyl sites for hydroxylation is 1. The molecule has 4 aromatic rings. The van der Waals surface area contributed by atoms with Gasteiger partial charge in [0.25, 0.3) is 0 Å². The van der Waals surface area contributed by atoms with Gasteiger partial charge in [-0.15, -0.1) is 21.5 Å². The van der Waals surface area contributed by atoms with Crippen molar-refractivity contribution in [3.8, 4) is 27.4 Å². The number of aromatic nitrogens is 3. The van der Waals surface area contributed by atoms with Crippen LogP contribution in [0.2, 0.25) is 0 Å². The number of piperidine rings is 1. The van der Waals surface area contributed by atoms with E-state index in [1.807, 2.05) is 81.5 Å². The fraction of sp³-hybridized carbons (Fsp3) is 0.463. The van der Waals surface area contributed by atoms with Crippen LogP contribution in [0.15, 0.2) is 60.1 Å². The summed E-state index contributed by atoms with van der Waals surface area (Å²) in [5, 5.41) is 37.8. The van der Waals surface area contributed by atoms with Crippen LogP contribution in [0.25, 0.3) is 21.7 Å². The minimum Gasteiger partial charge on any atom is -0.507 e. The molecule has 2 saturated heterocycles. The van der Waals surface area contributed by atoms with Gasteiger partial charge in [0.15, 0.2) is 0 Å². The molecule has 57 heavy (non-hydrogen) atoms. The highest BCUT2D eigenvalue weighted by atomic mass is 32.1. The highest BCUT2D eigenvalue weighted by Crippen LogP contribution is 2.37. The molecule has 1 unspecified atom stereocenters. The van der Waals surface area contributed by atoms with Crippen molar-refractivity contribution >= 4 is 34.7 Å². The summed E-state index contributed by atoms with van der Waals surface area (Å²) >= 11 is 1.58. The molecule has 16 heteroatoms. The number of hydrogen-bond acceptors (Lipinski definition) is 13. The molecule has 0 radical (unpaired) electrons. The maximum atomic E-state index is 14.2. The predicted octanol–water partition coefficient (Wildman–Crippen LogP) is 3.40. The van der Waals surface area contributed by atoms with Crippen LogP contribution in [0.1, 0.15) is 76.1 Å². The molecular formula is C41H52N10O5S. The van der Waals surface area contributed by atoms with Crippen LogP contribution in [0.5, 0.6) is 5.75 Å². The van der Waals surface area contributed by atoms with Crippen molar-refractivity contribution in [3.05, 3.63) is 77.1 Å². The summed E-state index contributed by atoms with van der Waals surface area (Å²) in [7, 11) is 0. The topological polar surface area (TPSA) is 202 Å². The number of hydrazine groups is 1. The Morgan fingerprint density at radius 2 is 1.77 bits per heavy atom. The largest absolute Gasteiger partial charge is 0.507 e. The van der Waals surface area contributed by atoms with Crippen molar-refractivity contribution in [3.63, 3.8) is 0 Å². The van der Waals surface area contributed by atoms with Gasteiger partial charge in [-0.3, -0.25) is 19.3 Å². The molecule has 3 aliphatic rings. The van der Waals surface area contributed by atoms with E-state index in [9.17, 15) is 24.6 Å². The number of benzene rings is 2. The van der Waals surface area contributed by atoms with Crippen LogP contribution in [-0.4, -0.2) is 103 Å². The average molecular weight is 797 g/mol. The summed E-state index contributed by atoms with van der Waals surface area (Å²) in [6.07, 6.45) is 0.190. The first-order valence-corrected chi connectivity index (χ1v) is 20.3. The molecule has 302 valence electrons. The third-order valence-corrected chi connectivity index (χ3v) is 12.1. The number of nitrogens with one attached hydrogen (secondary N) is 3. The maximum Gasteiger partial charge on any atom is 0.246 e. The Bertz CT molecular complexity index is 2100. The van der Waals surface area contributed by atoms with E-state index in [1.54, 1.807) is 29.5 Å². The molecule has 0 spiro atoms. The van der Waals surface area contributed by atoms with Crippen LogP contribution in [0, 0.1) is 12.3 Å². The molecule has 5 atom stereocenters. The Hall–Kier alpha value is -5.00. The zero-order chi connectivity index (χ0) is 40.6. The van der Waals surface area contributed by atoms with Gasteiger partial charge < -0.3 is 36.5 Å². The molecule has 0 saturated carbocycles. The normalized spacial score (nSPS) is 21.3. The van der Waals surface area contributed by atoms with Crippen LogP contribution >= 0.6 is 11.3 Å². The summed E-state index contributed by atoms with van der Waals surface area (Å²) in [6.45, 7) is 10.9. The molecule has 3 amide bonds. The minimum absolute atomic E-state index is 0.00106. The summed E-state index contributed by atoms with van der Waals surface area (Å²) in [6, 6.07) is 14.8. The van der Waals surface area contributed by atoms with Crippen molar-refractivity contribution in [2.24, 2.45) is 11.1 Å². The predicted molar refractivity (Wildman–Crippen MR) is 217 cm³/mol. The Morgan fingerprint density at radius 3 is 2.44 bits per heavy atom. The number of carbonyl (C=O) groups is 3. The van der Waals surface area contributed by atoms with E-state index in [4.69, 9.17) is 5.73 Å². The number of thiazole rings is 1. The average Bonchev–Trinajstić information content (AvgIpc) is 3.89. The van der Waals surface area contributed by atoms with Gasteiger partial charge in [0, 0.05) is 37.7 Å². The van der Waals surface area contributed by atoms with E-state index in [0.29, 0.717) is 30.0 Å². The Kier molecular flexibility index (Phi) is 11.6. The number of phenolic OH excluding ortho intramolecular Hbond substituents is 1. The van der Waals surface area contributed by atoms with Gasteiger partial charge in [-0.05, 0) is 61.4 Å². The number of hydrogen-bond donors (Lipinski definition) is 6. The summed E-state index contributed by atoms with van der Waals surface area (Å²) in [5.74, 6) is -0.925. The van der Waals surface area contributed by atoms with Gasteiger partial charge in [0.05, 0.1) is 46.2 Å². The second-order valence-electron chi connectivity index (χ2n) is 16.4. The van der Waals surface area contributed by atoms with Crippen molar-refractivity contribution in [1.29, 1.82) is 0 Å². The second-order valence-corrected chi connectivity index (χ2v) is 17.2. The molecular weight excluding hydrogens is 745 g/mol. The number of nitrogens with zero attached hydrogens (tertiary/aromatic N) is 6. The maximum absolute atomic E-state index is 14.2. The summed E-state index contributed by atoms with van der Waals surface area (Å²) in [4.78, 5) is 50.4. The molecule has 2 fully saturated rings. The standard InChI is InChI=1S/C41H52N10O5S/c1-23(25-10-12-26(13-11-25)36-24(2)43-22-57-36)44-39(55)32-18-28(52)20-50(32)40(56)37(41(3,4)5)45-34(54)21-49-16-14-27(15-17-49)51-31-19-30(29-8-6-7-9-33(29)53)46-47-35(31)38(42)48-51/h6-13,19,22-23,27-28,32,37-38,48,52-53H,14-18,20-21,42H2,1-5H3,(H,44,55)(H,45,54)/t23-,28+,32-,37+,38?/m0/s1. The van der Waals surface area contributed by atoms with Gasteiger partial charge in [-0.2, -0.15) is 0 Å². The monoisotopic (exact) mass is 796 g/mol. The molecule has 5 heterocycles. The van der Waals surface area contributed by atoms with Crippen molar-refractivity contribution in [2.75, 3.05) is 31.2 Å². The van der Waals surface area contributed by atoms with E-state index in [-0.39, 0.29) is 49.2 Å². The van der Waals surface area contributed by atoms with Gasteiger partial charge in [0.2, 0.25) is 17.7 Å². The molecule has 7 rings (SSSR count). The lowest BCUT2D eigenvalue weighted by Gasteiger charge is -2.38. The first kappa shape index (κ1) is 40.2. The fourth-order valence-electron chi connectivity index (χ4n) is 7.97. The number of carbonyl (C=O) groups excluding carboxylic acids is 3. The van der Waals surface area contributed by atoms with E-state index in [0.717, 1.165) is 40.2 Å². The SMILES string of the molecule is Cc1ncsc1-c1ccc([C@H](C)NC(=O)[C@@H]2C[C@@H](O)CN2C(=O)[C@@H](NC(=O)CN2CCC(N3NC(N)c4nnc(-c5ccccc5O)cc43)CC2)C(C)(C)C)cc1. The third-order valence-electron chi connectivity index (χ3n) is 11.2. The molecule has 0 aliphatic carbocycles. The smallest absolute Gasteiger partial charge is 0.246 e. The van der Waals surface area contributed by atoms with Gasteiger partial charge >= 0.3 is 0 Å². The number of aromatic hydroxyl groups is 1. The third kappa shape index (κ3) is 8.65. The summed E-state index contributed by atoms with van der Waals surface area (Å²) < 4.78 is 0. The Labute approximate surface area is 336 Å². The highest BCUT2D eigenvalue weighted by Gasteiger charge is 2.45. The van der Waals surface area contributed by atoms with E-state index < -0.39 is 35.7 Å². The van der Waals surface area contributed by atoms with Gasteiger partial charge in [0.1, 0.15) is 29.7 Å². The first-order chi connectivity index (χ1) is 27.2. The number of aliphatic hydroxyl groups is 1. The number of para-hydroxylation sites is 1. The molecule has 3 aliphatic heterocycles. The van der Waals surface area contributed by atoms with Crippen LogP contribution in [0.3, 0.4) is 0 Å². The number of amides is 3. The molecule has 15 nitrogen and oxygen atoms in total. The number of β-amino-alcohol motifs (C(OH)–C–C–N with tert-alkyl or cyclic N) is 1. The molecule has 7 N–H and O–H groups in total. The number of aliphatic hydroxyl groups excluding tert-OH is 1. The highest BCUT2D eigenvalue weighted by molar-refractivity contribution is 7.13. The Morgan fingerprint density at radius 1 is 1.05 bits per heavy atom. The number of likely N-dealkylation sites (tertiary alicyclic amines) is 2. The molecule has 2 aromatic carbocycles. The number of fused-ring (bicyclic) bond motifs is 1. The van der Waals surface area contributed by atoms with Crippen molar-refractivity contribution in [2.45, 2.75) is 90.3 Å². The van der Waals surface area contributed by atoms with Crippen LogP contribution in [-0.2, 0) is 14.4 Å². The van der Waals surface area contributed by atoms with E-state index in [2.05, 4.69) is 36.1 Å². The van der Waals surface area contributed by atoms with Crippen LogP contribution < -0.4 is 26.8 Å². The lowest BCUT2D eigenvalue weighted by atomic mass is 9.85. The first-order valence-electron chi connectivity index (χ1n) is 19.5. The fourth-order valence-corrected chi connectivity index (χ4v) is 8.78. The number of rotatable bonds is 10. The number of anilines is 1. The minimum atomic E-state index is -0.922. The van der Waals surface area contributed by atoms with E-state index in [1.165, 1.54) is 4.90 Å². The number of phenols is 1. The van der Waals surface area contributed by atoms with Crippen LogP contribution in [0.4, 0.5) is 5.69 Å². The van der Waals surface area contributed by atoms with Crippen molar-refractivity contribution in [1.82, 2.24) is 41.0 Å². The number of nitrogens with two attached hydrogens (primary N) is 1. The lowest BCUT2D eigenvalue weighted by Crippen LogP contribution is -2.59. The zero-order valence-corrected chi connectivity index (χ0v) is 33.8. The van der Waals surface area contributed by atoms with Gasteiger partial charge in [-0.1, -0.05) is 57.2 Å². The molecule has 0 bridgehead atoms. The van der Waals surface area contributed by atoms with Gasteiger partial charge in [-0.25, -0.2) is 10.4 Å². The lowest BCUT2D eigenvalue weighted by molar-refractivity contribution is -0.144. The van der Waals surface area contributed by atoms with E-state index >= 15 is 0 Å². The van der Waals surface area contributed by atoms with Crippen molar-refractivity contribution < 1.29 is 24.6 Å². The quantitative estimate of drug-likeness (QED) is 0.137. The zero-order valence-electron chi connectivity index (χ0n) is 33.0. The second kappa shape index (κ2) is 16.5. The Balaban J connectivity index is 0.951.